The van der Waals surface area contributed by atoms with Crippen LogP contribution in [0.5, 0.6) is 0 Å². The zero-order valence-electron chi connectivity index (χ0n) is 15.5. The average Bonchev–Trinajstić information content (AvgIpc) is 3.24. The number of H-pyrrole nitrogens is 1. The number of esters is 2. The molecule has 0 saturated carbocycles. The third-order valence-corrected chi connectivity index (χ3v) is 5.56. The third kappa shape index (κ3) is 4.86. The minimum Gasteiger partial charge on any atom is -0.465 e. The van der Waals surface area contributed by atoms with Gasteiger partial charge in [-0.2, -0.15) is 0 Å². The van der Waals surface area contributed by atoms with Gasteiger partial charge in [0.15, 0.2) is 0 Å². The van der Waals surface area contributed by atoms with E-state index in [0.717, 1.165) is 28.9 Å². The number of carbonyl (C=O) groups excluding carboxylic acids is 3. The fourth-order valence-electron chi connectivity index (χ4n) is 2.11. The molecule has 11 heteroatoms. The lowest BCUT2D eigenvalue weighted by molar-refractivity contribution is -0.113. The lowest BCUT2D eigenvalue weighted by Crippen LogP contribution is -2.16. The Bertz CT molecular complexity index is 859. The Hall–Kier alpha value is -2.40. The predicted octanol–water partition coefficient (Wildman–Crippen LogP) is 2.60. The van der Waals surface area contributed by atoms with Gasteiger partial charge < -0.3 is 14.8 Å². The lowest BCUT2D eigenvalue weighted by atomic mass is 10.1. The summed E-state index contributed by atoms with van der Waals surface area (Å²) in [5.74, 6) is -0.604. The van der Waals surface area contributed by atoms with E-state index in [2.05, 4.69) is 20.5 Å². The minimum atomic E-state index is -0.641. The van der Waals surface area contributed by atoms with Gasteiger partial charge in [-0.25, -0.2) is 14.6 Å². The molecule has 2 N–H and O–H groups in total. The summed E-state index contributed by atoms with van der Waals surface area (Å²) in [5.41, 5.74) is 0.540. The van der Waals surface area contributed by atoms with Crippen molar-refractivity contribution in [3.05, 3.63) is 21.8 Å². The van der Waals surface area contributed by atoms with Crippen LogP contribution in [-0.4, -0.2) is 53.0 Å². The Kier molecular flexibility index (Phi) is 6.97. The number of thiophene rings is 1. The number of amides is 1. The van der Waals surface area contributed by atoms with Crippen molar-refractivity contribution in [2.45, 2.75) is 31.8 Å². The first-order chi connectivity index (χ1) is 12.8. The number of rotatable bonds is 7. The van der Waals surface area contributed by atoms with Crippen molar-refractivity contribution < 1.29 is 23.9 Å². The maximum absolute atomic E-state index is 12.3. The van der Waals surface area contributed by atoms with Crippen LogP contribution < -0.4 is 5.32 Å². The second-order valence-corrected chi connectivity index (χ2v) is 7.70. The molecule has 0 saturated heterocycles. The number of aromatic nitrogens is 3. The first-order valence-corrected chi connectivity index (χ1v) is 9.73. The van der Waals surface area contributed by atoms with E-state index in [9.17, 15) is 14.4 Å². The predicted molar refractivity (Wildman–Crippen MR) is 102 cm³/mol. The maximum Gasteiger partial charge on any atom is 0.348 e. The van der Waals surface area contributed by atoms with Gasteiger partial charge in [0.25, 0.3) is 0 Å². The summed E-state index contributed by atoms with van der Waals surface area (Å²) >= 11 is 2.13. The summed E-state index contributed by atoms with van der Waals surface area (Å²) in [4.78, 5) is 40.7. The van der Waals surface area contributed by atoms with E-state index in [1.165, 1.54) is 14.2 Å². The molecule has 2 aromatic rings. The smallest absolute Gasteiger partial charge is 0.348 e. The summed E-state index contributed by atoms with van der Waals surface area (Å²) in [5, 5.41) is 10.2. The topological polar surface area (TPSA) is 123 Å². The fraction of sp³-hybridized carbons (Fsp3) is 0.438. The first-order valence-electron chi connectivity index (χ1n) is 7.93. The standard InChI is InChI=1S/C16H20N4O5S2/c1-7(2)12-18-16(20-19-12)26-6-9(21)17-13-10(14(22)24-4)8(3)11(27-13)15(23)25-5/h7H,6H2,1-5H3,(H,17,21)(H,18,19,20). The van der Waals surface area contributed by atoms with E-state index in [0.29, 0.717) is 10.7 Å². The number of hydrogen-bond donors (Lipinski definition) is 2. The van der Waals surface area contributed by atoms with Gasteiger partial charge in [-0.1, -0.05) is 25.6 Å². The molecule has 2 aromatic heterocycles. The van der Waals surface area contributed by atoms with E-state index in [-0.39, 0.29) is 33.0 Å². The Morgan fingerprint density at radius 2 is 1.89 bits per heavy atom. The van der Waals surface area contributed by atoms with Gasteiger partial charge in [-0.3, -0.25) is 9.89 Å². The summed E-state index contributed by atoms with van der Waals surface area (Å²) < 4.78 is 9.47. The third-order valence-electron chi connectivity index (χ3n) is 3.52. The quantitative estimate of drug-likeness (QED) is 0.525. The van der Waals surface area contributed by atoms with E-state index >= 15 is 0 Å². The van der Waals surface area contributed by atoms with Crippen molar-refractivity contribution in [2.75, 3.05) is 25.3 Å². The SMILES string of the molecule is COC(=O)c1sc(NC(=O)CSc2n[nH]c(C(C)C)n2)c(C(=O)OC)c1C. The molecule has 0 bridgehead atoms. The fourth-order valence-corrected chi connectivity index (χ4v) is 3.85. The number of thioether (sulfide) groups is 1. The van der Waals surface area contributed by atoms with Crippen LogP contribution in [0.25, 0.3) is 0 Å². The van der Waals surface area contributed by atoms with E-state index in [1.807, 2.05) is 13.8 Å². The van der Waals surface area contributed by atoms with Crippen LogP contribution in [0, 0.1) is 6.92 Å². The van der Waals surface area contributed by atoms with Crippen LogP contribution >= 0.6 is 23.1 Å². The van der Waals surface area contributed by atoms with Crippen LogP contribution in [0.4, 0.5) is 5.00 Å². The average molecular weight is 412 g/mol. The van der Waals surface area contributed by atoms with E-state index < -0.39 is 11.9 Å². The monoisotopic (exact) mass is 412 g/mol. The highest BCUT2D eigenvalue weighted by Crippen LogP contribution is 2.34. The van der Waals surface area contributed by atoms with Crippen molar-refractivity contribution in [1.29, 1.82) is 0 Å². The summed E-state index contributed by atoms with van der Waals surface area (Å²) in [6.45, 7) is 5.56. The van der Waals surface area contributed by atoms with Crippen molar-refractivity contribution in [3.8, 4) is 0 Å². The van der Waals surface area contributed by atoms with E-state index in [1.54, 1.807) is 6.92 Å². The zero-order valence-corrected chi connectivity index (χ0v) is 17.2. The second-order valence-electron chi connectivity index (χ2n) is 5.74. The number of carbonyl (C=O) groups is 3. The van der Waals surface area contributed by atoms with Gasteiger partial charge in [-0.05, 0) is 12.5 Å². The lowest BCUT2D eigenvalue weighted by Gasteiger charge is -2.05. The highest BCUT2D eigenvalue weighted by molar-refractivity contribution is 7.99. The second kappa shape index (κ2) is 9.00. The molecule has 2 rings (SSSR count). The largest absolute Gasteiger partial charge is 0.465 e. The van der Waals surface area contributed by atoms with Gasteiger partial charge in [0.05, 0.1) is 25.5 Å². The number of anilines is 1. The van der Waals surface area contributed by atoms with Crippen LogP contribution in [0.15, 0.2) is 5.16 Å². The normalized spacial score (nSPS) is 10.7. The first kappa shape index (κ1) is 20.9. The Labute approximate surface area is 164 Å². The van der Waals surface area contributed by atoms with Gasteiger partial charge in [0.1, 0.15) is 15.7 Å². The molecule has 146 valence electrons. The number of methoxy groups -OCH3 is 2. The number of aromatic amines is 1. The van der Waals surface area contributed by atoms with Crippen LogP contribution in [0.3, 0.4) is 0 Å². The molecule has 0 spiro atoms. The molecule has 1 amide bonds. The zero-order chi connectivity index (χ0) is 20.1. The number of nitrogens with one attached hydrogen (secondary N) is 2. The maximum atomic E-state index is 12.3. The molecule has 0 fully saturated rings. The van der Waals surface area contributed by atoms with Crippen LogP contribution in [-0.2, 0) is 14.3 Å². The highest BCUT2D eigenvalue weighted by Gasteiger charge is 2.26. The molecule has 0 radical (unpaired) electrons. The van der Waals surface area contributed by atoms with Gasteiger partial charge in [-0.15, -0.1) is 16.4 Å². The molecular weight excluding hydrogens is 392 g/mol. The minimum absolute atomic E-state index is 0.0422. The highest BCUT2D eigenvalue weighted by atomic mass is 32.2. The van der Waals surface area contributed by atoms with E-state index in [4.69, 9.17) is 9.47 Å². The van der Waals surface area contributed by atoms with Crippen LogP contribution in [0.1, 0.15) is 51.2 Å². The van der Waals surface area contributed by atoms with Gasteiger partial charge in [0, 0.05) is 5.92 Å². The molecule has 9 nitrogen and oxygen atoms in total. The molecule has 0 aliphatic heterocycles. The molecule has 0 aliphatic rings. The van der Waals surface area contributed by atoms with Gasteiger partial charge in [0.2, 0.25) is 11.1 Å². The Morgan fingerprint density at radius 1 is 1.22 bits per heavy atom. The Balaban J connectivity index is 2.13. The molecule has 0 atom stereocenters. The molecule has 2 heterocycles. The molecule has 0 unspecified atom stereocenters. The summed E-state index contributed by atoms with van der Waals surface area (Å²) in [6.07, 6.45) is 0. The van der Waals surface area contributed by atoms with Crippen LogP contribution in [0.2, 0.25) is 0 Å². The number of hydrogen-bond acceptors (Lipinski definition) is 9. The van der Waals surface area contributed by atoms with Gasteiger partial charge >= 0.3 is 11.9 Å². The molecular formula is C16H20N4O5S2. The van der Waals surface area contributed by atoms with Crippen molar-refractivity contribution in [1.82, 2.24) is 15.2 Å². The van der Waals surface area contributed by atoms with Crippen molar-refractivity contribution >= 4 is 45.9 Å². The summed E-state index contributed by atoms with van der Waals surface area (Å²) in [7, 11) is 2.48. The Morgan fingerprint density at radius 3 is 2.44 bits per heavy atom. The molecule has 27 heavy (non-hydrogen) atoms. The summed E-state index contributed by atoms with van der Waals surface area (Å²) in [6, 6.07) is 0. The number of nitrogens with zero attached hydrogens (tertiary/aromatic N) is 2. The van der Waals surface area contributed by atoms with Crippen molar-refractivity contribution in [2.24, 2.45) is 0 Å². The molecule has 0 aromatic carbocycles. The number of ether oxygens (including phenoxy) is 2. The van der Waals surface area contributed by atoms with Crippen molar-refractivity contribution in [3.63, 3.8) is 0 Å². The molecule has 0 aliphatic carbocycles.